The molecule has 4 heterocycles. The molecule has 1 N–H and O–H groups in total. The average Bonchev–Trinajstić information content (AvgIpc) is 3.30. The van der Waals surface area contributed by atoms with E-state index in [-0.39, 0.29) is 5.91 Å². The van der Waals surface area contributed by atoms with Crippen LogP contribution < -0.4 is 5.32 Å². The van der Waals surface area contributed by atoms with Gasteiger partial charge in [-0.2, -0.15) is 0 Å². The van der Waals surface area contributed by atoms with Crippen molar-refractivity contribution < 1.29 is 4.79 Å². The zero-order valence-electron chi connectivity index (χ0n) is 19.0. The van der Waals surface area contributed by atoms with Crippen LogP contribution in [0.4, 0.5) is 5.13 Å². The van der Waals surface area contributed by atoms with E-state index in [1.807, 2.05) is 48.5 Å². The molecular weight excluding hydrogens is 454 g/mol. The zero-order chi connectivity index (χ0) is 23.6. The zero-order valence-corrected chi connectivity index (χ0v) is 19.8. The van der Waals surface area contributed by atoms with Crippen LogP contribution in [0.25, 0.3) is 22.2 Å². The second-order valence-corrected chi connectivity index (χ2v) is 9.68. The van der Waals surface area contributed by atoms with E-state index in [1.165, 1.54) is 10.4 Å². The molecule has 3 aromatic heterocycles. The number of pyridine rings is 2. The number of thiazole rings is 1. The highest BCUT2D eigenvalue weighted by molar-refractivity contribution is 7.15. The van der Waals surface area contributed by atoms with Crippen molar-refractivity contribution in [1.29, 1.82) is 0 Å². The highest BCUT2D eigenvalue weighted by Crippen LogP contribution is 2.30. The van der Waals surface area contributed by atoms with Gasteiger partial charge in [-0.15, -0.1) is 11.3 Å². The van der Waals surface area contributed by atoms with Crippen LogP contribution in [-0.2, 0) is 19.5 Å². The lowest BCUT2D eigenvalue weighted by Crippen LogP contribution is -2.29. The van der Waals surface area contributed by atoms with Gasteiger partial charge in [0.2, 0.25) is 0 Å². The molecule has 0 bridgehead atoms. The van der Waals surface area contributed by atoms with Gasteiger partial charge in [0, 0.05) is 54.3 Å². The maximum atomic E-state index is 13.4. The van der Waals surface area contributed by atoms with Crippen LogP contribution in [0.2, 0.25) is 0 Å². The van der Waals surface area contributed by atoms with Crippen LogP contribution >= 0.6 is 11.3 Å². The van der Waals surface area contributed by atoms with E-state index in [2.05, 4.69) is 39.5 Å². The summed E-state index contributed by atoms with van der Waals surface area (Å²) in [6.07, 6.45) is 4.35. The van der Waals surface area contributed by atoms with Gasteiger partial charge in [-0.25, -0.2) is 9.97 Å². The molecule has 1 aliphatic rings. The Balaban J connectivity index is 1.25. The van der Waals surface area contributed by atoms with Gasteiger partial charge in [0.15, 0.2) is 5.13 Å². The molecule has 1 aliphatic heterocycles. The van der Waals surface area contributed by atoms with Gasteiger partial charge in [0.1, 0.15) is 0 Å². The Morgan fingerprint density at radius 3 is 2.63 bits per heavy atom. The molecule has 0 fully saturated rings. The molecule has 35 heavy (non-hydrogen) atoms. The number of anilines is 1. The summed E-state index contributed by atoms with van der Waals surface area (Å²) in [5, 5.41) is 4.52. The quantitative estimate of drug-likeness (QED) is 0.359. The van der Waals surface area contributed by atoms with Gasteiger partial charge in [-0.05, 0) is 29.8 Å². The normalized spacial score (nSPS) is 13.5. The van der Waals surface area contributed by atoms with Crippen molar-refractivity contribution in [3.8, 4) is 11.3 Å². The second kappa shape index (κ2) is 9.37. The fourth-order valence-electron chi connectivity index (χ4n) is 4.48. The predicted molar refractivity (Wildman–Crippen MR) is 139 cm³/mol. The molecule has 2 aromatic carbocycles. The maximum absolute atomic E-state index is 13.4. The number of amides is 1. The van der Waals surface area contributed by atoms with Gasteiger partial charge >= 0.3 is 0 Å². The van der Waals surface area contributed by atoms with E-state index in [0.717, 1.165) is 53.9 Å². The molecule has 1 amide bonds. The van der Waals surface area contributed by atoms with Gasteiger partial charge in [-0.1, -0.05) is 48.5 Å². The van der Waals surface area contributed by atoms with Gasteiger partial charge in [-0.3, -0.25) is 20.0 Å². The molecule has 172 valence electrons. The first-order valence-electron chi connectivity index (χ1n) is 11.6. The van der Waals surface area contributed by atoms with E-state index < -0.39 is 0 Å². The van der Waals surface area contributed by atoms with Gasteiger partial charge in [0.25, 0.3) is 5.91 Å². The summed E-state index contributed by atoms with van der Waals surface area (Å²) >= 11 is 1.57. The molecule has 0 aliphatic carbocycles. The first-order chi connectivity index (χ1) is 17.2. The van der Waals surface area contributed by atoms with Crippen LogP contribution in [0.1, 0.15) is 26.5 Å². The summed E-state index contributed by atoms with van der Waals surface area (Å²) in [5.74, 6) is -0.175. The van der Waals surface area contributed by atoms with Crippen LogP contribution in [-0.4, -0.2) is 32.3 Å². The lowest BCUT2D eigenvalue weighted by Gasteiger charge is -2.25. The summed E-state index contributed by atoms with van der Waals surface area (Å²) < 4.78 is 0. The Morgan fingerprint density at radius 2 is 1.77 bits per heavy atom. The third-order valence-corrected chi connectivity index (χ3v) is 7.21. The highest BCUT2D eigenvalue weighted by Gasteiger charge is 2.22. The van der Waals surface area contributed by atoms with Crippen molar-refractivity contribution in [2.75, 3.05) is 11.9 Å². The molecule has 6 rings (SSSR count). The molecule has 0 saturated carbocycles. The molecule has 6 nitrogen and oxygen atoms in total. The molecular formula is C28H23N5OS. The summed E-state index contributed by atoms with van der Waals surface area (Å²) in [6.45, 7) is 2.73. The Bertz CT molecular complexity index is 1500. The number of nitrogens with zero attached hydrogens (tertiary/aromatic N) is 4. The average molecular weight is 478 g/mol. The molecule has 0 atom stereocenters. The predicted octanol–water partition coefficient (Wildman–Crippen LogP) is 5.56. The number of aromatic nitrogens is 3. The first kappa shape index (κ1) is 21.6. The van der Waals surface area contributed by atoms with Crippen molar-refractivity contribution in [3.05, 3.63) is 107 Å². The molecule has 0 unspecified atom stereocenters. The Morgan fingerprint density at radius 1 is 0.971 bits per heavy atom. The van der Waals surface area contributed by atoms with Crippen molar-refractivity contribution in [1.82, 2.24) is 19.9 Å². The van der Waals surface area contributed by atoms with E-state index in [9.17, 15) is 4.79 Å². The minimum Gasteiger partial charge on any atom is -0.298 e. The minimum absolute atomic E-state index is 0.175. The number of hydrogen-bond acceptors (Lipinski definition) is 6. The van der Waals surface area contributed by atoms with Gasteiger partial charge in [0.05, 0.1) is 22.5 Å². The number of rotatable bonds is 5. The third kappa shape index (κ3) is 4.56. The standard InChI is InChI=1S/C28H23N5OS/c34-27(22-16-25(20-10-13-29-14-11-20)30-23-9-5-4-8-21(22)23)32-28-31-24-12-15-33(18-26(24)35-28)17-19-6-2-1-3-7-19/h1-11,13-14,16H,12,15,17-18H2,(H,31,32,34). The monoisotopic (exact) mass is 477 g/mol. The number of para-hydroxylation sites is 1. The Kier molecular flexibility index (Phi) is 5.78. The number of carbonyl (C=O) groups is 1. The van der Waals surface area contributed by atoms with Crippen molar-refractivity contribution in [2.24, 2.45) is 0 Å². The van der Waals surface area contributed by atoms with E-state index >= 15 is 0 Å². The molecule has 0 saturated heterocycles. The van der Waals surface area contributed by atoms with Crippen LogP contribution in [0, 0.1) is 0 Å². The topological polar surface area (TPSA) is 71.0 Å². The van der Waals surface area contributed by atoms with Crippen molar-refractivity contribution >= 4 is 33.3 Å². The van der Waals surface area contributed by atoms with Crippen LogP contribution in [0.3, 0.4) is 0 Å². The van der Waals surface area contributed by atoms with E-state index in [0.29, 0.717) is 10.7 Å². The summed E-state index contributed by atoms with van der Waals surface area (Å²) in [5.41, 5.74) is 5.42. The number of carbonyl (C=O) groups excluding carboxylic acids is 1. The Labute approximate surface area is 207 Å². The summed E-state index contributed by atoms with van der Waals surface area (Å²) in [7, 11) is 0. The maximum Gasteiger partial charge on any atom is 0.258 e. The lowest BCUT2D eigenvalue weighted by atomic mass is 10.0. The second-order valence-electron chi connectivity index (χ2n) is 8.60. The molecule has 0 spiro atoms. The lowest BCUT2D eigenvalue weighted by molar-refractivity contribution is 0.102. The smallest absolute Gasteiger partial charge is 0.258 e. The molecule has 0 radical (unpaired) electrons. The molecule has 5 aromatic rings. The first-order valence-corrected chi connectivity index (χ1v) is 12.4. The Hall–Kier alpha value is -3.94. The van der Waals surface area contributed by atoms with Crippen molar-refractivity contribution in [2.45, 2.75) is 19.5 Å². The summed E-state index contributed by atoms with van der Waals surface area (Å²) in [6, 6.07) is 23.9. The highest BCUT2D eigenvalue weighted by atomic mass is 32.1. The van der Waals surface area contributed by atoms with Crippen molar-refractivity contribution in [3.63, 3.8) is 0 Å². The van der Waals surface area contributed by atoms with Gasteiger partial charge < -0.3 is 0 Å². The number of nitrogens with one attached hydrogen (secondary N) is 1. The number of hydrogen-bond donors (Lipinski definition) is 1. The summed E-state index contributed by atoms with van der Waals surface area (Å²) in [4.78, 5) is 30.7. The fourth-order valence-corrected chi connectivity index (χ4v) is 5.52. The molecule has 7 heteroatoms. The largest absolute Gasteiger partial charge is 0.298 e. The van der Waals surface area contributed by atoms with E-state index in [4.69, 9.17) is 9.97 Å². The number of fused-ring (bicyclic) bond motifs is 2. The van der Waals surface area contributed by atoms with E-state index in [1.54, 1.807) is 23.7 Å². The minimum atomic E-state index is -0.175. The SMILES string of the molecule is O=C(Nc1nc2c(s1)CN(Cc1ccccc1)CC2)c1cc(-c2ccncc2)nc2ccccc12. The fraction of sp³-hybridized carbons (Fsp3) is 0.143. The number of benzene rings is 2. The third-order valence-electron chi connectivity index (χ3n) is 6.22. The van der Waals surface area contributed by atoms with Crippen LogP contribution in [0.5, 0.6) is 0 Å². The van der Waals surface area contributed by atoms with Crippen LogP contribution in [0.15, 0.2) is 85.2 Å².